The summed E-state index contributed by atoms with van der Waals surface area (Å²) in [7, 11) is 0. The van der Waals surface area contributed by atoms with Gasteiger partial charge in [-0.25, -0.2) is 9.78 Å². The molecule has 0 spiro atoms. The number of nitriles is 1. The van der Waals surface area contributed by atoms with E-state index in [-0.39, 0.29) is 11.2 Å². The molecule has 2 aromatic heterocycles. The monoisotopic (exact) mass is 474 g/mol. The first kappa shape index (κ1) is 24.2. The van der Waals surface area contributed by atoms with Gasteiger partial charge in [0, 0.05) is 30.6 Å². The van der Waals surface area contributed by atoms with Crippen molar-refractivity contribution in [2.75, 3.05) is 24.5 Å². The molecule has 1 aliphatic rings. The smallest absolute Gasteiger partial charge is 0.407 e. The largest absolute Gasteiger partial charge is 0.444 e. The number of aromatic nitrogens is 3. The minimum Gasteiger partial charge on any atom is -0.444 e. The third-order valence-corrected chi connectivity index (χ3v) is 6.22. The topological polar surface area (TPSA) is 113 Å². The van der Waals surface area contributed by atoms with Crippen molar-refractivity contribution in [1.29, 1.82) is 5.26 Å². The first-order valence-electron chi connectivity index (χ1n) is 11.6. The molecular formula is C26H30N6O3. The number of nitrogens with zero attached hydrogens (tertiary/aromatic N) is 5. The van der Waals surface area contributed by atoms with Gasteiger partial charge in [0.15, 0.2) is 11.9 Å². The van der Waals surface area contributed by atoms with Crippen LogP contribution < -0.4 is 10.2 Å². The van der Waals surface area contributed by atoms with Crippen molar-refractivity contribution in [2.24, 2.45) is 5.41 Å². The Hall–Kier alpha value is -3.93. The lowest BCUT2D eigenvalue weighted by molar-refractivity contribution is 0.0507. The molecule has 9 nitrogen and oxygen atoms in total. The SMILES string of the molecule is Cc1c(-c2ccccc2)c(N2CC[C@@](C)(CNC(=O)OC(C)(C)C)C2)n2nc(C=O)nc2c1C#N. The van der Waals surface area contributed by atoms with Gasteiger partial charge in [-0.3, -0.25) is 4.79 Å². The van der Waals surface area contributed by atoms with Gasteiger partial charge in [0.25, 0.3) is 0 Å². The number of pyridine rings is 1. The predicted molar refractivity (Wildman–Crippen MR) is 132 cm³/mol. The van der Waals surface area contributed by atoms with Crippen LogP contribution in [0.5, 0.6) is 0 Å². The van der Waals surface area contributed by atoms with Crippen LogP contribution in [0, 0.1) is 23.7 Å². The lowest BCUT2D eigenvalue weighted by Crippen LogP contribution is -2.40. The van der Waals surface area contributed by atoms with E-state index < -0.39 is 11.7 Å². The van der Waals surface area contributed by atoms with Gasteiger partial charge >= 0.3 is 6.09 Å². The maximum atomic E-state index is 12.2. The highest BCUT2D eigenvalue weighted by Gasteiger charge is 2.37. The highest BCUT2D eigenvalue weighted by atomic mass is 16.6. The molecule has 1 fully saturated rings. The number of benzene rings is 1. The van der Waals surface area contributed by atoms with Gasteiger partial charge in [-0.2, -0.15) is 9.78 Å². The number of anilines is 1. The lowest BCUT2D eigenvalue weighted by atomic mass is 9.90. The molecule has 0 radical (unpaired) electrons. The number of rotatable bonds is 5. The van der Waals surface area contributed by atoms with Crippen LogP contribution in [0.4, 0.5) is 10.6 Å². The van der Waals surface area contributed by atoms with Gasteiger partial charge in [0.1, 0.15) is 23.1 Å². The first-order valence-corrected chi connectivity index (χ1v) is 11.6. The van der Waals surface area contributed by atoms with Crippen LogP contribution in [0.1, 0.15) is 55.9 Å². The van der Waals surface area contributed by atoms with Crippen molar-refractivity contribution < 1.29 is 14.3 Å². The first-order chi connectivity index (χ1) is 16.5. The zero-order valence-electron chi connectivity index (χ0n) is 20.8. The molecule has 0 aliphatic carbocycles. The van der Waals surface area contributed by atoms with E-state index in [0.717, 1.165) is 28.9 Å². The van der Waals surface area contributed by atoms with Crippen molar-refractivity contribution in [2.45, 2.75) is 46.6 Å². The molecule has 1 aliphatic heterocycles. The molecule has 9 heteroatoms. The highest BCUT2D eigenvalue weighted by Crippen LogP contribution is 2.41. The number of hydrogen-bond donors (Lipinski definition) is 1. The molecule has 0 saturated carbocycles. The molecule has 35 heavy (non-hydrogen) atoms. The van der Waals surface area contributed by atoms with Gasteiger partial charge in [0.05, 0.1) is 0 Å². The number of hydrogen-bond acceptors (Lipinski definition) is 7. The van der Waals surface area contributed by atoms with Crippen molar-refractivity contribution >= 4 is 23.8 Å². The Morgan fingerprint density at radius 3 is 2.66 bits per heavy atom. The number of carbonyl (C=O) groups excluding carboxylic acids is 2. The minimum absolute atomic E-state index is 0.0286. The van der Waals surface area contributed by atoms with Crippen LogP contribution in [0.15, 0.2) is 30.3 Å². The molecule has 1 N–H and O–H groups in total. The van der Waals surface area contributed by atoms with Gasteiger partial charge < -0.3 is 15.0 Å². The Bertz CT molecular complexity index is 1320. The second kappa shape index (κ2) is 9.02. The van der Waals surface area contributed by atoms with Gasteiger partial charge in [-0.15, -0.1) is 5.10 Å². The molecule has 3 heterocycles. The summed E-state index contributed by atoms with van der Waals surface area (Å²) in [5.41, 5.74) is 2.58. The number of aldehydes is 1. The zero-order valence-corrected chi connectivity index (χ0v) is 20.8. The Morgan fingerprint density at radius 2 is 2.03 bits per heavy atom. The predicted octanol–water partition coefficient (Wildman–Crippen LogP) is 4.13. The number of amides is 1. The highest BCUT2D eigenvalue weighted by molar-refractivity contribution is 5.86. The van der Waals surface area contributed by atoms with Crippen LogP contribution in [0.2, 0.25) is 0 Å². The molecule has 0 bridgehead atoms. The third kappa shape index (κ3) is 4.83. The quantitative estimate of drug-likeness (QED) is 0.553. The van der Waals surface area contributed by atoms with E-state index >= 15 is 0 Å². The molecule has 0 unspecified atom stereocenters. The van der Waals surface area contributed by atoms with Gasteiger partial charge in [-0.1, -0.05) is 37.3 Å². The van der Waals surface area contributed by atoms with Gasteiger partial charge in [0.2, 0.25) is 5.82 Å². The number of carbonyl (C=O) groups is 2. The van der Waals surface area contributed by atoms with Crippen molar-refractivity contribution in [3.63, 3.8) is 0 Å². The molecule has 182 valence electrons. The maximum Gasteiger partial charge on any atom is 0.407 e. The Kier molecular flexibility index (Phi) is 6.24. The Balaban J connectivity index is 1.76. The lowest BCUT2D eigenvalue weighted by Gasteiger charge is -2.28. The molecule has 1 amide bonds. The fourth-order valence-corrected chi connectivity index (χ4v) is 4.58. The molecule has 4 rings (SSSR count). The summed E-state index contributed by atoms with van der Waals surface area (Å²) in [6.07, 6.45) is 0.979. The van der Waals surface area contributed by atoms with Crippen LogP contribution in [0.25, 0.3) is 16.8 Å². The van der Waals surface area contributed by atoms with Crippen LogP contribution >= 0.6 is 0 Å². The molecule has 3 aromatic rings. The number of ether oxygens (including phenoxy) is 1. The Labute approximate surface area is 204 Å². The van der Waals surface area contributed by atoms with E-state index in [9.17, 15) is 14.9 Å². The second-order valence-electron chi connectivity index (χ2n) is 10.3. The summed E-state index contributed by atoms with van der Waals surface area (Å²) >= 11 is 0. The van der Waals surface area contributed by atoms with E-state index in [1.54, 1.807) is 4.52 Å². The van der Waals surface area contributed by atoms with Crippen molar-refractivity contribution in [1.82, 2.24) is 19.9 Å². The van der Waals surface area contributed by atoms with Crippen LogP contribution in [-0.2, 0) is 4.74 Å². The van der Waals surface area contributed by atoms with E-state index in [4.69, 9.17) is 4.74 Å². The van der Waals surface area contributed by atoms with Crippen LogP contribution in [0.3, 0.4) is 0 Å². The summed E-state index contributed by atoms with van der Waals surface area (Å²) < 4.78 is 7.01. The number of fused-ring (bicyclic) bond motifs is 1. The van der Waals surface area contributed by atoms with E-state index in [1.165, 1.54) is 0 Å². The summed E-state index contributed by atoms with van der Waals surface area (Å²) in [6.45, 7) is 11.3. The van der Waals surface area contributed by atoms with Crippen LogP contribution in [-0.4, -0.2) is 52.2 Å². The summed E-state index contributed by atoms with van der Waals surface area (Å²) in [6, 6.07) is 12.1. The molecule has 1 saturated heterocycles. The average molecular weight is 475 g/mol. The normalized spacial score (nSPS) is 17.9. The van der Waals surface area contributed by atoms with E-state index in [0.29, 0.717) is 37.1 Å². The molecule has 1 atom stereocenters. The fraction of sp³-hybridized carbons (Fsp3) is 0.423. The van der Waals surface area contributed by atoms with Crippen molar-refractivity contribution in [3.05, 3.63) is 47.3 Å². The molecular weight excluding hydrogens is 444 g/mol. The standard InChI is InChI=1S/C26H30N6O3/c1-17-19(13-27)22-29-20(14-33)30-32(22)23(21(17)18-9-7-6-8-10-18)31-12-11-26(5,16-31)15-28-24(34)35-25(2,3)4/h6-10,14H,11-12,15-16H2,1-5H3,(H,28,34)/t26-/m0/s1. The minimum atomic E-state index is -0.563. The number of nitrogens with one attached hydrogen (secondary N) is 1. The summed E-state index contributed by atoms with van der Waals surface area (Å²) in [5, 5.41) is 17.3. The number of alkyl carbamates (subject to hydrolysis) is 1. The third-order valence-electron chi connectivity index (χ3n) is 6.22. The Morgan fingerprint density at radius 1 is 1.31 bits per heavy atom. The van der Waals surface area contributed by atoms with Crippen molar-refractivity contribution in [3.8, 4) is 17.2 Å². The maximum absolute atomic E-state index is 12.2. The summed E-state index contributed by atoms with van der Waals surface area (Å²) in [4.78, 5) is 30.3. The van der Waals surface area contributed by atoms with E-state index in [2.05, 4.69) is 33.3 Å². The second-order valence-corrected chi connectivity index (χ2v) is 10.3. The van der Waals surface area contributed by atoms with Gasteiger partial charge in [-0.05, 0) is 45.2 Å². The average Bonchev–Trinajstić information content (AvgIpc) is 3.40. The fourth-order valence-electron chi connectivity index (χ4n) is 4.58. The zero-order chi connectivity index (χ0) is 25.4. The van der Waals surface area contributed by atoms with E-state index in [1.807, 2.05) is 58.0 Å². The molecule has 1 aromatic carbocycles. The summed E-state index contributed by atoms with van der Waals surface area (Å²) in [5.74, 6) is 0.810.